The molecule has 1 saturated carbocycles. The van der Waals surface area contributed by atoms with Crippen LogP contribution in [0.2, 0.25) is 0 Å². The van der Waals surface area contributed by atoms with Gasteiger partial charge in [-0.1, -0.05) is 24.1 Å². The van der Waals surface area contributed by atoms with E-state index in [0.29, 0.717) is 19.3 Å². The number of hydrogen-bond acceptors (Lipinski definition) is 3. The second-order valence-electron chi connectivity index (χ2n) is 6.27. The number of rotatable bonds is 2. The molecule has 1 aromatic carbocycles. The van der Waals surface area contributed by atoms with Crippen molar-refractivity contribution >= 4 is 6.08 Å². The molecule has 0 N–H and O–H groups in total. The molecule has 2 aliphatic heterocycles. The molecule has 1 aromatic rings. The van der Waals surface area contributed by atoms with Gasteiger partial charge >= 0.3 is 0 Å². The molecule has 3 aliphatic rings. The first-order valence-corrected chi connectivity index (χ1v) is 8.24. The third-order valence-electron chi connectivity index (χ3n) is 4.87. The average molecular weight is 285 g/mol. The van der Waals surface area contributed by atoms with Gasteiger partial charge in [0.05, 0.1) is 0 Å². The van der Waals surface area contributed by atoms with Crippen LogP contribution < -0.4 is 9.47 Å². The summed E-state index contributed by atoms with van der Waals surface area (Å²) >= 11 is 0. The highest BCUT2D eigenvalue weighted by molar-refractivity contribution is 5.59. The van der Waals surface area contributed by atoms with Crippen LogP contribution >= 0.6 is 0 Å². The summed E-state index contributed by atoms with van der Waals surface area (Å²) in [4.78, 5) is 2.64. The van der Waals surface area contributed by atoms with Crippen LogP contribution in [0.5, 0.6) is 11.5 Å². The number of hydrogen-bond donors (Lipinski definition) is 0. The summed E-state index contributed by atoms with van der Waals surface area (Å²) in [5.74, 6) is 1.78. The van der Waals surface area contributed by atoms with Crippen molar-refractivity contribution in [1.82, 2.24) is 4.90 Å². The fraction of sp³-hybridized carbons (Fsp3) is 0.556. The monoisotopic (exact) mass is 285 g/mol. The lowest BCUT2D eigenvalue weighted by molar-refractivity contribution is 0.121. The molecule has 3 heteroatoms. The zero-order chi connectivity index (χ0) is 14.1. The van der Waals surface area contributed by atoms with Gasteiger partial charge in [0.15, 0.2) is 11.5 Å². The average Bonchev–Trinajstić information content (AvgIpc) is 2.47. The Kier molecular flexibility index (Phi) is 3.60. The summed E-state index contributed by atoms with van der Waals surface area (Å²) in [5, 5.41) is 0. The summed E-state index contributed by atoms with van der Waals surface area (Å²) in [6.45, 7) is 3.88. The third-order valence-corrected chi connectivity index (χ3v) is 4.87. The largest absolute Gasteiger partial charge is 0.486 e. The molecule has 0 radical (unpaired) electrons. The molecule has 2 heterocycles. The van der Waals surface area contributed by atoms with E-state index in [1.54, 1.807) is 5.57 Å². The first-order valence-electron chi connectivity index (χ1n) is 8.24. The van der Waals surface area contributed by atoms with Crippen molar-refractivity contribution < 1.29 is 9.47 Å². The van der Waals surface area contributed by atoms with Crippen LogP contribution in [0.25, 0.3) is 6.08 Å². The van der Waals surface area contributed by atoms with Gasteiger partial charge in [-0.3, -0.25) is 4.90 Å². The topological polar surface area (TPSA) is 21.7 Å². The van der Waals surface area contributed by atoms with Gasteiger partial charge in [0, 0.05) is 6.04 Å². The lowest BCUT2D eigenvalue weighted by atomic mass is 9.86. The molecule has 1 unspecified atom stereocenters. The molecular formula is C18H23NO2. The van der Waals surface area contributed by atoms with Crippen molar-refractivity contribution in [2.24, 2.45) is 0 Å². The quantitative estimate of drug-likeness (QED) is 0.830. The van der Waals surface area contributed by atoms with Crippen LogP contribution in [-0.4, -0.2) is 37.2 Å². The molecule has 0 bridgehead atoms. The second-order valence-corrected chi connectivity index (χ2v) is 6.27. The fourth-order valence-corrected chi connectivity index (χ4v) is 3.62. The van der Waals surface area contributed by atoms with Gasteiger partial charge in [-0.05, 0) is 56.5 Å². The Morgan fingerprint density at radius 2 is 1.86 bits per heavy atom. The van der Waals surface area contributed by atoms with Crippen molar-refractivity contribution in [2.75, 3.05) is 26.3 Å². The molecule has 112 valence electrons. The van der Waals surface area contributed by atoms with E-state index in [2.05, 4.69) is 23.1 Å². The van der Waals surface area contributed by atoms with Crippen LogP contribution in [-0.2, 0) is 0 Å². The standard InChI is InChI=1S/C18H23NO2/c1-2-5-16(19-8-3-9-19)15(4-1)12-14-6-7-17-18(13-14)21-11-10-20-17/h6-7,12-13,16H,1-5,8-11H2. The molecule has 1 atom stereocenters. The predicted octanol–water partition coefficient (Wildman–Crippen LogP) is 3.49. The maximum atomic E-state index is 5.70. The number of likely N-dealkylation sites (tertiary alicyclic amines) is 1. The van der Waals surface area contributed by atoms with Gasteiger partial charge in [-0.25, -0.2) is 0 Å². The van der Waals surface area contributed by atoms with E-state index in [1.165, 1.54) is 50.8 Å². The molecular weight excluding hydrogens is 262 g/mol. The van der Waals surface area contributed by atoms with Crippen LogP contribution in [0, 0.1) is 0 Å². The Hall–Kier alpha value is -1.48. The fourth-order valence-electron chi connectivity index (χ4n) is 3.62. The Balaban J connectivity index is 1.59. The first kappa shape index (κ1) is 13.2. The van der Waals surface area contributed by atoms with E-state index in [0.717, 1.165) is 11.5 Å². The predicted molar refractivity (Wildman–Crippen MR) is 83.9 cm³/mol. The Bertz CT molecular complexity index is 548. The number of ether oxygens (including phenoxy) is 2. The van der Waals surface area contributed by atoms with Gasteiger partial charge in [-0.2, -0.15) is 0 Å². The normalized spacial score (nSPS) is 27.4. The van der Waals surface area contributed by atoms with Crippen LogP contribution in [0.15, 0.2) is 23.8 Å². The third kappa shape index (κ3) is 2.67. The second kappa shape index (κ2) is 5.72. The number of benzene rings is 1. The van der Waals surface area contributed by atoms with Gasteiger partial charge < -0.3 is 9.47 Å². The summed E-state index contributed by atoms with van der Waals surface area (Å²) in [6, 6.07) is 7.01. The molecule has 2 fully saturated rings. The number of fused-ring (bicyclic) bond motifs is 1. The van der Waals surface area contributed by atoms with Gasteiger partial charge in [0.1, 0.15) is 13.2 Å². The van der Waals surface area contributed by atoms with E-state index in [-0.39, 0.29) is 0 Å². The van der Waals surface area contributed by atoms with E-state index >= 15 is 0 Å². The summed E-state index contributed by atoms with van der Waals surface area (Å²) in [6.07, 6.45) is 9.04. The zero-order valence-electron chi connectivity index (χ0n) is 12.5. The minimum atomic E-state index is 0.656. The highest BCUT2D eigenvalue weighted by Gasteiger charge is 2.28. The Morgan fingerprint density at radius 1 is 1.00 bits per heavy atom. The summed E-state index contributed by atoms with van der Waals surface area (Å²) in [7, 11) is 0. The van der Waals surface area contributed by atoms with E-state index < -0.39 is 0 Å². The minimum absolute atomic E-state index is 0.656. The van der Waals surface area contributed by atoms with Gasteiger partial charge in [-0.15, -0.1) is 0 Å². The lowest BCUT2D eigenvalue weighted by Crippen LogP contribution is -2.46. The van der Waals surface area contributed by atoms with E-state index in [9.17, 15) is 0 Å². The minimum Gasteiger partial charge on any atom is -0.486 e. The zero-order valence-corrected chi connectivity index (χ0v) is 12.5. The van der Waals surface area contributed by atoms with Crippen molar-refractivity contribution in [3.05, 3.63) is 29.3 Å². The van der Waals surface area contributed by atoms with Crippen LogP contribution in [0.3, 0.4) is 0 Å². The van der Waals surface area contributed by atoms with E-state index in [4.69, 9.17) is 9.47 Å². The molecule has 1 aliphatic carbocycles. The molecule has 4 rings (SSSR count). The molecule has 1 saturated heterocycles. The SMILES string of the molecule is C(=C1CCCCC1N1CCC1)c1ccc2c(c1)OCCO2. The van der Waals surface area contributed by atoms with Crippen molar-refractivity contribution in [2.45, 2.75) is 38.1 Å². The van der Waals surface area contributed by atoms with Gasteiger partial charge in [0.2, 0.25) is 0 Å². The maximum absolute atomic E-state index is 5.70. The van der Waals surface area contributed by atoms with Crippen molar-refractivity contribution in [1.29, 1.82) is 0 Å². The Labute approximate surface area is 126 Å². The molecule has 0 spiro atoms. The smallest absolute Gasteiger partial charge is 0.161 e. The number of nitrogens with zero attached hydrogens (tertiary/aromatic N) is 1. The maximum Gasteiger partial charge on any atom is 0.161 e. The highest BCUT2D eigenvalue weighted by atomic mass is 16.6. The summed E-state index contributed by atoms with van der Waals surface area (Å²) < 4.78 is 11.3. The van der Waals surface area contributed by atoms with Crippen LogP contribution in [0.1, 0.15) is 37.7 Å². The lowest BCUT2D eigenvalue weighted by Gasteiger charge is -2.42. The molecule has 0 aromatic heterocycles. The van der Waals surface area contributed by atoms with Crippen molar-refractivity contribution in [3.63, 3.8) is 0 Å². The molecule has 3 nitrogen and oxygen atoms in total. The Morgan fingerprint density at radius 3 is 2.67 bits per heavy atom. The van der Waals surface area contributed by atoms with Crippen molar-refractivity contribution in [3.8, 4) is 11.5 Å². The molecule has 0 amide bonds. The summed E-state index contributed by atoms with van der Waals surface area (Å²) in [5.41, 5.74) is 2.86. The highest BCUT2D eigenvalue weighted by Crippen LogP contribution is 2.35. The van der Waals surface area contributed by atoms with E-state index in [1.807, 2.05) is 6.07 Å². The van der Waals surface area contributed by atoms with Gasteiger partial charge in [0.25, 0.3) is 0 Å². The van der Waals surface area contributed by atoms with Crippen LogP contribution in [0.4, 0.5) is 0 Å². The first-order chi connectivity index (χ1) is 10.4. The molecule has 21 heavy (non-hydrogen) atoms.